The fraction of sp³-hybridized carbons (Fsp3) is 0.364. The van der Waals surface area contributed by atoms with Crippen molar-refractivity contribution in [3.05, 3.63) is 24.5 Å². The lowest BCUT2D eigenvalue weighted by molar-refractivity contribution is 0.387. The van der Waals surface area contributed by atoms with Crippen LogP contribution in [0.3, 0.4) is 0 Å². The van der Waals surface area contributed by atoms with Gasteiger partial charge in [-0.15, -0.1) is 0 Å². The third-order valence-corrected chi connectivity index (χ3v) is 3.39. The highest BCUT2D eigenvalue weighted by atomic mass is 31.2. The van der Waals surface area contributed by atoms with Crippen molar-refractivity contribution in [3.8, 4) is 11.5 Å². The molecule has 0 atom stereocenters. The second kappa shape index (κ2) is 4.72. The zero-order valence-electron chi connectivity index (χ0n) is 10.0. The van der Waals surface area contributed by atoms with Crippen LogP contribution in [0.1, 0.15) is 19.6 Å². The summed E-state index contributed by atoms with van der Waals surface area (Å²) < 4.78 is 21.7. The molecule has 0 radical (unpaired) electrons. The highest BCUT2D eigenvalue weighted by molar-refractivity contribution is 7.60. The molecule has 18 heavy (non-hydrogen) atoms. The third kappa shape index (κ3) is 2.56. The number of rotatable bonds is 4. The van der Waals surface area contributed by atoms with Gasteiger partial charge in [0.25, 0.3) is 0 Å². The van der Waals surface area contributed by atoms with Crippen LogP contribution in [0, 0.1) is 5.92 Å². The van der Waals surface area contributed by atoms with Crippen LogP contribution in [0.25, 0.3) is 11.5 Å². The van der Waals surface area contributed by atoms with Crippen LogP contribution in [0.5, 0.6) is 0 Å². The summed E-state index contributed by atoms with van der Waals surface area (Å²) in [6.45, 7) is 4.02. The van der Waals surface area contributed by atoms with Crippen molar-refractivity contribution in [2.45, 2.75) is 20.3 Å². The van der Waals surface area contributed by atoms with Crippen molar-refractivity contribution in [1.82, 2.24) is 4.98 Å². The van der Waals surface area contributed by atoms with Crippen LogP contribution in [-0.4, -0.2) is 14.8 Å². The smallest absolute Gasteiger partial charge is 0.360 e. The van der Waals surface area contributed by atoms with Gasteiger partial charge in [0, 0.05) is 6.42 Å². The van der Waals surface area contributed by atoms with E-state index >= 15 is 0 Å². The Hall–Kier alpha value is -1.36. The summed E-state index contributed by atoms with van der Waals surface area (Å²) in [5.74, 6) is 0.979. The van der Waals surface area contributed by atoms with Crippen molar-refractivity contribution >= 4 is 12.9 Å². The maximum Gasteiger partial charge on any atom is 0.360 e. The minimum atomic E-state index is -4.38. The molecule has 0 spiro atoms. The predicted octanol–water partition coefficient (Wildman–Crippen LogP) is 1.94. The SMILES string of the molecule is CC(C)Cc1ocnc1-c1occc1P(=O)(O)O. The van der Waals surface area contributed by atoms with E-state index in [1.54, 1.807) is 0 Å². The van der Waals surface area contributed by atoms with Gasteiger partial charge in [-0.25, -0.2) is 4.98 Å². The molecule has 2 rings (SSSR count). The Balaban J connectivity index is 2.47. The summed E-state index contributed by atoms with van der Waals surface area (Å²) >= 11 is 0. The number of hydrogen-bond donors (Lipinski definition) is 2. The predicted molar refractivity (Wildman–Crippen MR) is 64.4 cm³/mol. The van der Waals surface area contributed by atoms with Crippen LogP contribution in [0.2, 0.25) is 0 Å². The van der Waals surface area contributed by atoms with E-state index in [1.165, 1.54) is 18.7 Å². The first-order chi connectivity index (χ1) is 8.39. The highest BCUT2D eigenvalue weighted by Gasteiger charge is 2.28. The molecule has 7 heteroatoms. The molecule has 0 aromatic carbocycles. The monoisotopic (exact) mass is 271 g/mol. The first kappa shape index (κ1) is 13.1. The summed E-state index contributed by atoms with van der Waals surface area (Å²) in [4.78, 5) is 22.4. The number of aromatic nitrogens is 1. The molecule has 2 aromatic rings. The van der Waals surface area contributed by atoms with Gasteiger partial charge in [-0.2, -0.15) is 0 Å². The van der Waals surface area contributed by atoms with E-state index in [-0.39, 0.29) is 11.1 Å². The largest absolute Gasteiger partial charge is 0.462 e. The zero-order chi connectivity index (χ0) is 13.3. The van der Waals surface area contributed by atoms with Gasteiger partial charge in [-0.1, -0.05) is 13.8 Å². The van der Waals surface area contributed by atoms with E-state index in [1.807, 2.05) is 13.8 Å². The molecule has 0 fully saturated rings. The van der Waals surface area contributed by atoms with Gasteiger partial charge in [-0.3, -0.25) is 4.57 Å². The molecule has 6 nitrogen and oxygen atoms in total. The number of nitrogens with zero attached hydrogens (tertiary/aromatic N) is 1. The molecule has 0 saturated carbocycles. The standard InChI is InChI=1S/C11H14NO5P/c1-7(2)5-8-10(12-6-17-8)11-9(3-4-16-11)18(13,14)15/h3-4,6-7H,5H2,1-2H3,(H2,13,14,15). The summed E-state index contributed by atoms with van der Waals surface area (Å²) in [5, 5.41) is -0.165. The van der Waals surface area contributed by atoms with Crippen molar-refractivity contribution in [1.29, 1.82) is 0 Å². The molecule has 2 heterocycles. The van der Waals surface area contributed by atoms with Crippen molar-refractivity contribution in [2.75, 3.05) is 0 Å². The molecule has 0 saturated heterocycles. The molecular weight excluding hydrogens is 257 g/mol. The molecule has 0 unspecified atom stereocenters. The Labute approximate surface area is 104 Å². The van der Waals surface area contributed by atoms with E-state index in [4.69, 9.17) is 8.83 Å². The van der Waals surface area contributed by atoms with Gasteiger partial charge < -0.3 is 18.6 Å². The summed E-state index contributed by atoms with van der Waals surface area (Å²) in [7, 11) is -4.38. The van der Waals surface area contributed by atoms with E-state index in [0.29, 0.717) is 23.8 Å². The Bertz CT molecular complexity index is 580. The number of hydrogen-bond acceptors (Lipinski definition) is 4. The summed E-state index contributed by atoms with van der Waals surface area (Å²) in [6, 6.07) is 1.25. The van der Waals surface area contributed by atoms with E-state index < -0.39 is 7.60 Å². The quantitative estimate of drug-likeness (QED) is 0.825. The molecule has 0 aliphatic rings. The second-order valence-electron chi connectivity index (χ2n) is 4.40. The number of furan rings is 1. The van der Waals surface area contributed by atoms with Gasteiger partial charge in [-0.05, 0) is 12.0 Å². The van der Waals surface area contributed by atoms with Crippen molar-refractivity contribution < 1.29 is 23.2 Å². The maximum absolute atomic E-state index is 11.3. The van der Waals surface area contributed by atoms with E-state index in [9.17, 15) is 14.4 Å². The number of oxazole rings is 1. The Morgan fingerprint density at radius 3 is 2.72 bits per heavy atom. The van der Waals surface area contributed by atoms with Gasteiger partial charge in [0.2, 0.25) is 0 Å². The molecule has 2 N–H and O–H groups in total. The van der Waals surface area contributed by atoms with Crippen molar-refractivity contribution in [3.63, 3.8) is 0 Å². The lowest BCUT2D eigenvalue weighted by Gasteiger charge is -2.05. The maximum atomic E-state index is 11.3. The van der Waals surface area contributed by atoms with Crippen LogP contribution in [0.15, 0.2) is 27.6 Å². The first-order valence-corrected chi connectivity index (χ1v) is 7.07. The minimum absolute atomic E-state index is 0.0766. The molecule has 0 aliphatic carbocycles. The van der Waals surface area contributed by atoms with Gasteiger partial charge in [0.15, 0.2) is 12.2 Å². The van der Waals surface area contributed by atoms with E-state index in [2.05, 4.69) is 4.98 Å². The van der Waals surface area contributed by atoms with E-state index in [0.717, 1.165) is 0 Å². The molecule has 0 bridgehead atoms. The van der Waals surface area contributed by atoms with Crippen LogP contribution in [0.4, 0.5) is 0 Å². The molecule has 98 valence electrons. The second-order valence-corrected chi connectivity index (χ2v) is 5.97. The Kier molecular flexibility index (Phi) is 3.43. The lowest BCUT2D eigenvalue weighted by atomic mass is 10.1. The summed E-state index contributed by atoms with van der Waals surface area (Å²) in [5.41, 5.74) is 0.354. The topological polar surface area (TPSA) is 96.7 Å². The molecular formula is C11H14NO5P. The zero-order valence-corrected chi connectivity index (χ0v) is 10.9. The third-order valence-electron chi connectivity index (χ3n) is 2.41. The van der Waals surface area contributed by atoms with Crippen LogP contribution in [-0.2, 0) is 11.0 Å². The molecule has 0 aliphatic heterocycles. The van der Waals surface area contributed by atoms with Gasteiger partial charge in [0.1, 0.15) is 16.8 Å². The molecule has 0 amide bonds. The minimum Gasteiger partial charge on any atom is -0.462 e. The summed E-state index contributed by atoms with van der Waals surface area (Å²) in [6.07, 6.45) is 3.10. The molecule has 2 aromatic heterocycles. The average Bonchev–Trinajstić information content (AvgIpc) is 2.81. The van der Waals surface area contributed by atoms with Crippen LogP contribution < -0.4 is 5.30 Å². The van der Waals surface area contributed by atoms with Gasteiger partial charge >= 0.3 is 7.60 Å². The average molecular weight is 271 g/mol. The fourth-order valence-corrected chi connectivity index (χ4v) is 2.36. The fourth-order valence-electron chi connectivity index (χ4n) is 1.68. The van der Waals surface area contributed by atoms with Crippen molar-refractivity contribution in [2.24, 2.45) is 5.92 Å². The van der Waals surface area contributed by atoms with Crippen LogP contribution >= 0.6 is 7.60 Å². The normalized spacial score (nSPS) is 12.3. The lowest BCUT2D eigenvalue weighted by Crippen LogP contribution is -2.05. The Morgan fingerprint density at radius 2 is 2.11 bits per heavy atom. The Morgan fingerprint density at radius 1 is 1.39 bits per heavy atom. The first-order valence-electron chi connectivity index (χ1n) is 5.46. The highest BCUT2D eigenvalue weighted by Crippen LogP contribution is 2.39. The van der Waals surface area contributed by atoms with Gasteiger partial charge in [0.05, 0.1) is 6.26 Å².